The predicted molar refractivity (Wildman–Crippen MR) is 131 cm³/mol. The minimum Gasteiger partial charge on any atom is -0.497 e. The second-order valence-electron chi connectivity index (χ2n) is 9.61. The van der Waals surface area contributed by atoms with Crippen LogP contribution in [0.2, 0.25) is 0 Å². The number of aliphatic carboxylic acids is 1. The number of ether oxygens (including phenoxy) is 2. The maximum atomic E-state index is 12.7. The minimum absolute atomic E-state index is 0.286. The fourth-order valence-corrected chi connectivity index (χ4v) is 3.84. The Morgan fingerprint density at radius 3 is 1.97 bits per heavy atom. The second kappa shape index (κ2) is 12.4. The van der Waals surface area contributed by atoms with Gasteiger partial charge in [0.2, 0.25) is 0 Å². The number of carboxylic acids is 1. The van der Waals surface area contributed by atoms with Crippen molar-refractivity contribution in [3.63, 3.8) is 0 Å². The van der Waals surface area contributed by atoms with Gasteiger partial charge in [-0.25, -0.2) is 0 Å². The van der Waals surface area contributed by atoms with Crippen LogP contribution in [0.25, 0.3) is 11.1 Å². The van der Waals surface area contributed by atoms with E-state index in [-0.39, 0.29) is 11.9 Å². The van der Waals surface area contributed by atoms with Crippen LogP contribution in [0.15, 0.2) is 48.5 Å². The van der Waals surface area contributed by atoms with Gasteiger partial charge >= 0.3 is 11.9 Å². The molecule has 0 heterocycles. The van der Waals surface area contributed by atoms with E-state index < -0.39 is 17.5 Å². The van der Waals surface area contributed by atoms with Gasteiger partial charge in [0.25, 0.3) is 0 Å². The van der Waals surface area contributed by atoms with Gasteiger partial charge in [0, 0.05) is 0 Å². The smallest absolute Gasteiger partial charge is 0.309 e. The van der Waals surface area contributed by atoms with E-state index in [9.17, 15) is 14.7 Å². The number of hydrogen-bond donors (Lipinski definition) is 1. The molecular weight excluding hydrogens is 416 g/mol. The standard InChI is InChI=1S/C28H38O5/c1-6-7-8-24(27(31)33-28(2,3)4)19-23(26(29)30)14-11-20-9-12-21(13-10-20)22-15-17-25(32-5)18-16-22/h9-10,12-13,15-18,23-24H,6-8,11,14,19H2,1-5H3,(H,29,30)/t23-,24+/m1/s1. The zero-order valence-electron chi connectivity index (χ0n) is 20.6. The lowest BCUT2D eigenvalue weighted by Gasteiger charge is -2.25. The average Bonchev–Trinajstić information content (AvgIpc) is 2.77. The van der Waals surface area contributed by atoms with Crippen LogP contribution in [0, 0.1) is 11.8 Å². The van der Waals surface area contributed by atoms with E-state index in [4.69, 9.17) is 9.47 Å². The second-order valence-corrected chi connectivity index (χ2v) is 9.61. The molecule has 2 rings (SSSR count). The first-order chi connectivity index (χ1) is 15.6. The summed E-state index contributed by atoms with van der Waals surface area (Å²) < 4.78 is 10.8. The number of unbranched alkanes of at least 4 members (excludes halogenated alkanes) is 1. The molecule has 2 aromatic rings. The molecule has 5 heteroatoms. The van der Waals surface area contributed by atoms with E-state index in [0.29, 0.717) is 25.7 Å². The molecule has 0 fully saturated rings. The summed E-state index contributed by atoms with van der Waals surface area (Å²) >= 11 is 0. The summed E-state index contributed by atoms with van der Waals surface area (Å²) in [6, 6.07) is 16.1. The van der Waals surface area contributed by atoms with E-state index in [1.54, 1.807) is 7.11 Å². The fraction of sp³-hybridized carbons (Fsp3) is 0.500. The molecule has 0 bridgehead atoms. The Hall–Kier alpha value is -2.82. The highest BCUT2D eigenvalue weighted by atomic mass is 16.6. The highest BCUT2D eigenvalue weighted by Crippen LogP contribution is 2.27. The maximum absolute atomic E-state index is 12.7. The summed E-state index contributed by atoms with van der Waals surface area (Å²) in [5.74, 6) is -1.29. The van der Waals surface area contributed by atoms with Crippen LogP contribution >= 0.6 is 0 Å². The molecule has 33 heavy (non-hydrogen) atoms. The first kappa shape index (κ1) is 26.4. The van der Waals surface area contributed by atoms with Crippen molar-refractivity contribution < 1.29 is 24.2 Å². The summed E-state index contributed by atoms with van der Waals surface area (Å²) in [6.07, 6.45) is 3.94. The highest BCUT2D eigenvalue weighted by Gasteiger charge is 2.30. The Bertz CT molecular complexity index is 878. The summed E-state index contributed by atoms with van der Waals surface area (Å²) in [7, 11) is 1.65. The topological polar surface area (TPSA) is 72.8 Å². The predicted octanol–water partition coefficient (Wildman–Crippen LogP) is 6.53. The van der Waals surface area contributed by atoms with Crippen LogP contribution in [0.4, 0.5) is 0 Å². The summed E-state index contributed by atoms with van der Waals surface area (Å²) in [5, 5.41) is 9.81. The van der Waals surface area contributed by atoms with Crippen LogP contribution in [0.3, 0.4) is 0 Å². The molecule has 0 aliphatic carbocycles. The van der Waals surface area contributed by atoms with Crippen LogP contribution in [0.5, 0.6) is 5.75 Å². The molecule has 0 radical (unpaired) electrons. The van der Waals surface area contributed by atoms with Crippen molar-refractivity contribution in [2.75, 3.05) is 7.11 Å². The Morgan fingerprint density at radius 2 is 1.48 bits per heavy atom. The van der Waals surface area contributed by atoms with Gasteiger partial charge in [0.05, 0.1) is 18.9 Å². The van der Waals surface area contributed by atoms with Crippen LogP contribution < -0.4 is 4.74 Å². The molecule has 1 N–H and O–H groups in total. The van der Waals surface area contributed by atoms with Crippen molar-refractivity contribution in [2.45, 2.75) is 71.8 Å². The number of methoxy groups -OCH3 is 1. The summed E-state index contributed by atoms with van der Waals surface area (Å²) in [4.78, 5) is 24.7. The first-order valence-corrected chi connectivity index (χ1v) is 11.8. The Kier molecular flexibility index (Phi) is 9.95. The van der Waals surface area contributed by atoms with Gasteiger partial charge in [-0.1, -0.05) is 56.2 Å². The van der Waals surface area contributed by atoms with Crippen molar-refractivity contribution >= 4 is 11.9 Å². The summed E-state index contributed by atoms with van der Waals surface area (Å²) in [6.45, 7) is 7.58. The zero-order chi connectivity index (χ0) is 24.4. The van der Waals surface area contributed by atoms with Gasteiger partial charge in [-0.2, -0.15) is 0 Å². The SMILES string of the molecule is CCCC[C@@H](C[C@@H](CCc1ccc(-c2ccc(OC)cc2)cc1)C(=O)O)C(=O)OC(C)(C)C. The molecule has 0 saturated heterocycles. The van der Waals surface area contributed by atoms with Crippen LogP contribution in [-0.4, -0.2) is 29.8 Å². The van der Waals surface area contributed by atoms with Crippen molar-refractivity contribution in [1.82, 2.24) is 0 Å². The van der Waals surface area contributed by atoms with Crippen molar-refractivity contribution in [2.24, 2.45) is 11.8 Å². The van der Waals surface area contributed by atoms with Gasteiger partial charge in [0.15, 0.2) is 0 Å². The molecule has 2 aromatic carbocycles. The van der Waals surface area contributed by atoms with Gasteiger partial charge in [-0.3, -0.25) is 9.59 Å². The minimum atomic E-state index is -0.852. The van der Waals surface area contributed by atoms with E-state index in [1.165, 1.54) is 0 Å². The van der Waals surface area contributed by atoms with Gasteiger partial charge < -0.3 is 14.6 Å². The van der Waals surface area contributed by atoms with Crippen molar-refractivity contribution in [1.29, 1.82) is 0 Å². The molecule has 5 nitrogen and oxygen atoms in total. The molecular formula is C28H38O5. The van der Waals surface area contributed by atoms with Crippen molar-refractivity contribution in [3.8, 4) is 16.9 Å². The number of aryl methyl sites for hydroxylation is 1. The van der Waals surface area contributed by atoms with Gasteiger partial charge in [-0.05, 0) is 75.3 Å². The number of benzene rings is 2. The lowest BCUT2D eigenvalue weighted by Crippen LogP contribution is -2.31. The van der Waals surface area contributed by atoms with Crippen LogP contribution in [0.1, 0.15) is 65.4 Å². The first-order valence-electron chi connectivity index (χ1n) is 11.8. The van der Waals surface area contributed by atoms with E-state index in [2.05, 4.69) is 19.1 Å². The number of rotatable bonds is 12. The summed E-state index contributed by atoms with van der Waals surface area (Å²) in [5.41, 5.74) is 2.70. The third-order valence-corrected chi connectivity index (χ3v) is 5.72. The molecule has 0 aromatic heterocycles. The monoisotopic (exact) mass is 454 g/mol. The Labute approximate surface area is 198 Å². The molecule has 0 aliphatic heterocycles. The number of carbonyl (C=O) groups excluding carboxylic acids is 1. The zero-order valence-corrected chi connectivity index (χ0v) is 20.6. The van der Waals surface area contributed by atoms with Gasteiger partial charge in [0.1, 0.15) is 11.4 Å². The third-order valence-electron chi connectivity index (χ3n) is 5.72. The Balaban J connectivity index is 2.02. The lowest BCUT2D eigenvalue weighted by atomic mass is 9.87. The van der Waals surface area contributed by atoms with Crippen molar-refractivity contribution in [3.05, 3.63) is 54.1 Å². The number of hydrogen-bond acceptors (Lipinski definition) is 4. The number of carbonyl (C=O) groups is 2. The van der Waals surface area contributed by atoms with Crippen LogP contribution in [-0.2, 0) is 20.7 Å². The molecule has 0 spiro atoms. The van der Waals surface area contributed by atoms with E-state index in [1.807, 2.05) is 57.2 Å². The fourth-order valence-electron chi connectivity index (χ4n) is 3.84. The normalized spacial score (nSPS) is 13.2. The average molecular weight is 455 g/mol. The van der Waals surface area contributed by atoms with Gasteiger partial charge in [-0.15, -0.1) is 0 Å². The Morgan fingerprint density at radius 1 is 0.909 bits per heavy atom. The molecule has 0 aliphatic rings. The molecule has 0 amide bonds. The number of carboxylic acid groups (broad SMARTS) is 1. The third kappa shape index (κ3) is 8.91. The van der Waals surface area contributed by atoms with E-state index in [0.717, 1.165) is 35.3 Å². The molecule has 2 atom stereocenters. The molecule has 180 valence electrons. The number of esters is 1. The quantitative estimate of drug-likeness (QED) is 0.369. The van der Waals surface area contributed by atoms with E-state index >= 15 is 0 Å². The lowest BCUT2D eigenvalue weighted by molar-refractivity contribution is -0.161. The molecule has 0 saturated carbocycles. The highest BCUT2D eigenvalue weighted by molar-refractivity contribution is 5.75. The molecule has 0 unspecified atom stereocenters. The maximum Gasteiger partial charge on any atom is 0.309 e. The largest absolute Gasteiger partial charge is 0.497 e.